The van der Waals surface area contributed by atoms with E-state index in [1.54, 1.807) is 17.8 Å². The van der Waals surface area contributed by atoms with Crippen molar-refractivity contribution in [1.82, 2.24) is 4.90 Å². The van der Waals surface area contributed by atoms with Crippen molar-refractivity contribution in [2.75, 3.05) is 19.7 Å². The van der Waals surface area contributed by atoms with Gasteiger partial charge in [-0.2, -0.15) is 0 Å². The van der Waals surface area contributed by atoms with E-state index in [2.05, 4.69) is 29.2 Å². The molecule has 2 aliphatic heterocycles. The fourth-order valence-corrected chi connectivity index (χ4v) is 5.32. The molecule has 2 atom stereocenters. The number of hydrogen-bond donors (Lipinski definition) is 0. The molecule has 2 aliphatic rings. The van der Waals surface area contributed by atoms with E-state index < -0.39 is 0 Å². The van der Waals surface area contributed by atoms with Gasteiger partial charge >= 0.3 is 5.97 Å². The summed E-state index contributed by atoms with van der Waals surface area (Å²) in [4.78, 5) is 15.0. The Kier molecular flexibility index (Phi) is 6.76. The molecule has 1 aromatic carbocycles. The second-order valence-electron chi connectivity index (χ2n) is 7.84. The number of thioether (sulfide) groups is 1. The Hall–Kier alpha value is -1.72. The topological polar surface area (TPSA) is 42.7 Å². The number of furan rings is 1. The van der Waals surface area contributed by atoms with Gasteiger partial charge < -0.3 is 9.15 Å². The van der Waals surface area contributed by atoms with E-state index in [1.165, 1.54) is 44.3 Å². The molecule has 4 rings (SSSR count). The zero-order valence-electron chi connectivity index (χ0n) is 16.3. The molecule has 1 aromatic heterocycles. The van der Waals surface area contributed by atoms with E-state index in [4.69, 9.17) is 9.15 Å². The van der Waals surface area contributed by atoms with Crippen LogP contribution in [0.15, 0.2) is 46.9 Å². The first kappa shape index (κ1) is 19.6. The summed E-state index contributed by atoms with van der Waals surface area (Å²) in [5, 5.41) is 0. The Morgan fingerprint density at radius 1 is 1.04 bits per heavy atom. The molecule has 5 heteroatoms. The highest BCUT2D eigenvalue weighted by Crippen LogP contribution is 2.31. The van der Waals surface area contributed by atoms with Crippen LogP contribution in [0.2, 0.25) is 0 Å². The molecule has 2 aromatic rings. The van der Waals surface area contributed by atoms with Crippen molar-refractivity contribution in [2.24, 2.45) is 5.92 Å². The lowest BCUT2D eigenvalue weighted by atomic mass is 9.84. The number of hydrogen-bond acceptors (Lipinski definition) is 5. The minimum atomic E-state index is -0.327. The standard InChI is InChI=1S/C23H29NO3S/c25-23(26-15-19-9-6-14-24-13-5-4-10-21(19)24)22-12-11-20(27-22)17-28-16-18-7-2-1-3-8-18/h1-3,7-8,11-12,19,21H,4-6,9-10,13-17H2/t19-,21-/m1/s1. The van der Waals surface area contributed by atoms with Gasteiger partial charge in [-0.05, 0) is 56.5 Å². The van der Waals surface area contributed by atoms with E-state index in [9.17, 15) is 4.79 Å². The molecule has 0 amide bonds. The van der Waals surface area contributed by atoms with Gasteiger partial charge in [0, 0.05) is 17.7 Å². The van der Waals surface area contributed by atoms with Crippen molar-refractivity contribution in [3.63, 3.8) is 0 Å². The minimum Gasteiger partial charge on any atom is -0.459 e. The molecule has 0 radical (unpaired) electrons. The Bertz CT molecular complexity index is 758. The van der Waals surface area contributed by atoms with Crippen molar-refractivity contribution in [3.8, 4) is 0 Å². The molecule has 3 heterocycles. The van der Waals surface area contributed by atoms with E-state index in [0.717, 1.165) is 23.7 Å². The number of ether oxygens (including phenoxy) is 1. The van der Waals surface area contributed by atoms with Gasteiger partial charge in [0.1, 0.15) is 5.76 Å². The fraction of sp³-hybridized carbons (Fsp3) is 0.522. The summed E-state index contributed by atoms with van der Waals surface area (Å²) in [7, 11) is 0. The predicted octanol–water partition coefficient (Wildman–Crippen LogP) is 5.13. The number of benzene rings is 1. The third-order valence-electron chi connectivity index (χ3n) is 5.88. The number of fused-ring (bicyclic) bond motifs is 1. The minimum absolute atomic E-state index is 0.326. The molecular formula is C23H29NO3S. The summed E-state index contributed by atoms with van der Waals surface area (Å²) in [6, 6.07) is 14.6. The quantitative estimate of drug-likeness (QED) is 0.604. The van der Waals surface area contributed by atoms with Crippen molar-refractivity contribution < 1.29 is 13.9 Å². The maximum Gasteiger partial charge on any atom is 0.374 e. The smallest absolute Gasteiger partial charge is 0.374 e. The van der Waals surface area contributed by atoms with E-state index in [1.807, 2.05) is 12.1 Å². The molecule has 0 bridgehead atoms. The Morgan fingerprint density at radius 2 is 1.89 bits per heavy atom. The monoisotopic (exact) mass is 399 g/mol. The van der Waals surface area contributed by atoms with Crippen LogP contribution in [-0.2, 0) is 16.2 Å². The van der Waals surface area contributed by atoms with Gasteiger partial charge in [-0.25, -0.2) is 4.79 Å². The summed E-state index contributed by atoms with van der Waals surface area (Å²) >= 11 is 1.78. The number of nitrogens with zero attached hydrogens (tertiary/aromatic N) is 1. The molecule has 0 unspecified atom stereocenters. The average molecular weight is 400 g/mol. The molecule has 150 valence electrons. The summed E-state index contributed by atoms with van der Waals surface area (Å²) in [6.07, 6.45) is 6.22. The van der Waals surface area contributed by atoms with E-state index in [-0.39, 0.29) is 5.97 Å². The first-order valence-electron chi connectivity index (χ1n) is 10.4. The SMILES string of the molecule is O=C(OC[C@H]1CCCN2CCCC[C@H]12)c1ccc(CSCc2ccccc2)o1. The third kappa shape index (κ3) is 5.00. The fourth-order valence-electron chi connectivity index (χ4n) is 4.43. The number of carbonyl (C=O) groups is 1. The van der Waals surface area contributed by atoms with Gasteiger partial charge in [-0.15, -0.1) is 11.8 Å². The van der Waals surface area contributed by atoms with Crippen LogP contribution in [0.3, 0.4) is 0 Å². The predicted molar refractivity (Wildman–Crippen MR) is 112 cm³/mol. The van der Waals surface area contributed by atoms with Crippen molar-refractivity contribution in [3.05, 3.63) is 59.5 Å². The Labute approximate surface area is 171 Å². The molecular weight excluding hydrogens is 370 g/mol. The molecule has 28 heavy (non-hydrogen) atoms. The van der Waals surface area contributed by atoms with Crippen LogP contribution in [0.5, 0.6) is 0 Å². The van der Waals surface area contributed by atoms with Gasteiger partial charge in [-0.3, -0.25) is 4.90 Å². The van der Waals surface area contributed by atoms with Gasteiger partial charge in [0.05, 0.1) is 12.4 Å². The van der Waals surface area contributed by atoms with Crippen LogP contribution >= 0.6 is 11.8 Å². The van der Waals surface area contributed by atoms with E-state index >= 15 is 0 Å². The largest absolute Gasteiger partial charge is 0.459 e. The molecule has 0 N–H and O–H groups in total. The maximum absolute atomic E-state index is 12.4. The summed E-state index contributed by atoms with van der Waals surface area (Å²) in [6.45, 7) is 2.92. The summed E-state index contributed by atoms with van der Waals surface area (Å²) in [5.74, 6) is 2.97. The Balaban J connectivity index is 1.24. The van der Waals surface area contributed by atoms with Crippen LogP contribution in [0, 0.1) is 5.92 Å². The van der Waals surface area contributed by atoms with Crippen LogP contribution in [0.4, 0.5) is 0 Å². The van der Waals surface area contributed by atoms with Gasteiger partial charge in [0.15, 0.2) is 0 Å². The zero-order valence-corrected chi connectivity index (χ0v) is 17.2. The number of carbonyl (C=O) groups excluding carboxylic acids is 1. The maximum atomic E-state index is 12.4. The van der Waals surface area contributed by atoms with Gasteiger partial charge in [-0.1, -0.05) is 36.8 Å². The lowest BCUT2D eigenvalue weighted by Gasteiger charge is -2.44. The molecule has 4 nitrogen and oxygen atoms in total. The first-order valence-corrected chi connectivity index (χ1v) is 11.6. The normalized spacial score (nSPS) is 22.6. The number of rotatable bonds is 7. The zero-order chi connectivity index (χ0) is 19.2. The lowest BCUT2D eigenvalue weighted by Crippen LogP contribution is -2.49. The van der Waals surface area contributed by atoms with Gasteiger partial charge in [0.2, 0.25) is 5.76 Å². The highest BCUT2D eigenvalue weighted by molar-refractivity contribution is 7.97. The summed E-state index contributed by atoms with van der Waals surface area (Å²) < 4.78 is 11.4. The lowest BCUT2D eigenvalue weighted by molar-refractivity contribution is 0.00545. The van der Waals surface area contributed by atoms with Crippen LogP contribution in [0.1, 0.15) is 54.0 Å². The second kappa shape index (κ2) is 9.66. The molecule has 2 fully saturated rings. The average Bonchev–Trinajstić information content (AvgIpc) is 3.22. The van der Waals surface area contributed by atoms with Crippen LogP contribution in [-0.4, -0.2) is 36.6 Å². The number of esters is 1. The second-order valence-corrected chi connectivity index (χ2v) is 8.83. The van der Waals surface area contributed by atoms with Gasteiger partial charge in [0.25, 0.3) is 0 Å². The van der Waals surface area contributed by atoms with E-state index in [0.29, 0.717) is 24.3 Å². The highest BCUT2D eigenvalue weighted by Gasteiger charge is 2.33. The summed E-state index contributed by atoms with van der Waals surface area (Å²) in [5.41, 5.74) is 1.29. The highest BCUT2D eigenvalue weighted by atomic mass is 32.2. The van der Waals surface area contributed by atoms with Crippen molar-refractivity contribution in [1.29, 1.82) is 0 Å². The number of piperidine rings is 2. The van der Waals surface area contributed by atoms with Crippen LogP contribution < -0.4 is 0 Å². The molecule has 0 spiro atoms. The third-order valence-corrected chi connectivity index (χ3v) is 6.90. The molecule has 0 aliphatic carbocycles. The Morgan fingerprint density at radius 3 is 2.79 bits per heavy atom. The molecule has 0 saturated carbocycles. The first-order chi connectivity index (χ1) is 13.8. The van der Waals surface area contributed by atoms with Crippen molar-refractivity contribution >= 4 is 17.7 Å². The molecule has 2 saturated heterocycles. The van der Waals surface area contributed by atoms with Crippen LogP contribution in [0.25, 0.3) is 0 Å². The van der Waals surface area contributed by atoms with Crippen molar-refractivity contribution in [2.45, 2.75) is 49.7 Å².